The van der Waals surface area contributed by atoms with Gasteiger partial charge in [-0.25, -0.2) is 0 Å². The fourth-order valence-electron chi connectivity index (χ4n) is 3.37. The Labute approximate surface area is 190 Å². The fraction of sp³-hybridized carbons (Fsp3) is 0.440. The molecular formula is C25H34N2O5. The van der Waals surface area contributed by atoms with Gasteiger partial charge in [0.1, 0.15) is 23.3 Å². The van der Waals surface area contributed by atoms with Gasteiger partial charge in [0, 0.05) is 19.5 Å². The number of nitrogens with one attached hydrogen (secondary N) is 1. The summed E-state index contributed by atoms with van der Waals surface area (Å²) in [5.41, 5.74) is 0.941. The van der Waals surface area contributed by atoms with Gasteiger partial charge in [0.15, 0.2) is 0 Å². The van der Waals surface area contributed by atoms with Gasteiger partial charge < -0.3 is 24.4 Å². The Morgan fingerprint density at radius 3 is 2.00 bits per heavy atom. The summed E-state index contributed by atoms with van der Waals surface area (Å²) in [7, 11) is 3.23. The Morgan fingerprint density at radius 1 is 0.906 bits per heavy atom. The molecular weight excluding hydrogens is 408 g/mol. The average Bonchev–Trinajstić information content (AvgIpc) is 2.82. The van der Waals surface area contributed by atoms with Crippen molar-refractivity contribution in [2.45, 2.75) is 45.7 Å². The van der Waals surface area contributed by atoms with Crippen LogP contribution in [0.3, 0.4) is 0 Å². The quantitative estimate of drug-likeness (QED) is 0.478. The Hall–Kier alpha value is -3.22. The molecule has 7 nitrogen and oxygen atoms in total. The first kappa shape index (κ1) is 25.0. The number of carbonyl (C=O) groups excluding carboxylic acids is 2. The highest BCUT2D eigenvalue weighted by Gasteiger charge is 2.28. The second-order valence-corrected chi connectivity index (χ2v) is 7.32. The summed E-state index contributed by atoms with van der Waals surface area (Å²) in [6.07, 6.45) is 1.38. The molecule has 2 aromatic carbocycles. The zero-order valence-corrected chi connectivity index (χ0v) is 19.4. The van der Waals surface area contributed by atoms with Crippen LogP contribution in [0.5, 0.6) is 17.2 Å². The number of ether oxygens (including phenoxy) is 3. The van der Waals surface area contributed by atoms with Crippen LogP contribution in [0.4, 0.5) is 0 Å². The summed E-state index contributed by atoms with van der Waals surface area (Å²) >= 11 is 0. The van der Waals surface area contributed by atoms with E-state index in [1.54, 1.807) is 19.1 Å². The molecule has 0 aliphatic heterocycles. The molecule has 32 heavy (non-hydrogen) atoms. The first-order valence-corrected chi connectivity index (χ1v) is 11.0. The predicted molar refractivity (Wildman–Crippen MR) is 124 cm³/mol. The molecule has 2 amide bonds. The van der Waals surface area contributed by atoms with E-state index in [2.05, 4.69) is 5.32 Å². The van der Waals surface area contributed by atoms with E-state index in [4.69, 9.17) is 14.2 Å². The molecule has 0 heterocycles. The molecule has 0 fully saturated rings. The lowest BCUT2D eigenvalue weighted by Gasteiger charge is -2.30. The van der Waals surface area contributed by atoms with E-state index in [0.717, 1.165) is 22.8 Å². The topological polar surface area (TPSA) is 77.1 Å². The van der Waals surface area contributed by atoms with Crippen LogP contribution in [0.25, 0.3) is 0 Å². The molecule has 0 bridgehead atoms. The number of amides is 2. The largest absolute Gasteiger partial charge is 0.497 e. The molecule has 0 aliphatic rings. The van der Waals surface area contributed by atoms with E-state index < -0.39 is 6.04 Å². The summed E-state index contributed by atoms with van der Waals surface area (Å²) in [6.45, 7) is 5.08. The molecule has 0 aromatic heterocycles. The number of benzene rings is 2. The van der Waals surface area contributed by atoms with Crippen LogP contribution in [-0.4, -0.2) is 50.1 Å². The molecule has 0 saturated heterocycles. The van der Waals surface area contributed by atoms with Crippen LogP contribution in [-0.2, 0) is 16.1 Å². The van der Waals surface area contributed by atoms with Gasteiger partial charge in [-0.2, -0.15) is 0 Å². The summed E-state index contributed by atoms with van der Waals surface area (Å²) in [5, 5.41) is 2.85. The van der Waals surface area contributed by atoms with Crippen LogP contribution in [0, 0.1) is 0 Å². The Morgan fingerprint density at radius 2 is 1.47 bits per heavy atom. The highest BCUT2D eigenvalue weighted by atomic mass is 16.5. The van der Waals surface area contributed by atoms with Crippen molar-refractivity contribution in [1.29, 1.82) is 0 Å². The molecule has 0 radical (unpaired) electrons. The van der Waals surface area contributed by atoms with Crippen LogP contribution >= 0.6 is 0 Å². The number of carbonyl (C=O) groups is 2. The van der Waals surface area contributed by atoms with Crippen molar-refractivity contribution in [3.63, 3.8) is 0 Å². The van der Waals surface area contributed by atoms with Crippen LogP contribution in [0.2, 0.25) is 0 Å². The molecule has 2 rings (SSSR count). The van der Waals surface area contributed by atoms with Gasteiger partial charge in [0.2, 0.25) is 11.8 Å². The lowest BCUT2D eigenvalue weighted by molar-refractivity contribution is -0.141. The van der Waals surface area contributed by atoms with Crippen molar-refractivity contribution in [3.8, 4) is 17.2 Å². The maximum absolute atomic E-state index is 13.1. The van der Waals surface area contributed by atoms with Crippen LogP contribution in [0.1, 0.15) is 38.7 Å². The molecule has 1 atom stereocenters. The van der Waals surface area contributed by atoms with Crippen molar-refractivity contribution in [2.24, 2.45) is 0 Å². The molecule has 1 unspecified atom stereocenters. The monoisotopic (exact) mass is 442 g/mol. The smallest absolute Gasteiger partial charge is 0.242 e. The average molecular weight is 443 g/mol. The summed E-state index contributed by atoms with van der Waals surface area (Å²) in [5.74, 6) is 2.03. The SMILES string of the molecule is CCNC(=O)C(CC)N(Cc1ccc(OC)cc1)C(=O)CCCOc1ccc(OC)cc1. The normalized spacial score (nSPS) is 11.4. The number of likely N-dealkylation sites (N-methyl/N-ethyl adjacent to an activating group) is 1. The van der Waals surface area contributed by atoms with E-state index in [9.17, 15) is 9.59 Å². The molecule has 0 saturated carbocycles. The van der Waals surface area contributed by atoms with E-state index >= 15 is 0 Å². The van der Waals surface area contributed by atoms with Crippen LogP contribution < -0.4 is 19.5 Å². The predicted octanol–water partition coefficient (Wildman–Crippen LogP) is 3.81. The van der Waals surface area contributed by atoms with Gasteiger partial charge in [-0.15, -0.1) is 0 Å². The minimum atomic E-state index is -0.521. The van der Waals surface area contributed by atoms with Gasteiger partial charge in [0.25, 0.3) is 0 Å². The molecule has 2 aromatic rings. The van der Waals surface area contributed by atoms with E-state index in [1.807, 2.05) is 62.4 Å². The van der Waals surface area contributed by atoms with Gasteiger partial charge in [-0.05, 0) is 61.7 Å². The van der Waals surface area contributed by atoms with Crippen molar-refractivity contribution in [3.05, 3.63) is 54.1 Å². The Balaban J connectivity index is 2.01. The first-order chi connectivity index (χ1) is 15.5. The maximum Gasteiger partial charge on any atom is 0.242 e. The van der Waals surface area contributed by atoms with Crippen molar-refractivity contribution in [1.82, 2.24) is 10.2 Å². The van der Waals surface area contributed by atoms with E-state index in [-0.39, 0.29) is 11.8 Å². The number of rotatable bonds is 13. The zero-order chi connectivity index (χ0) is 23.3. The third-order valence-electron chi connectivity index (χ3n) is 5.11. The maximum atomic E-state index is 13.1. The minimum Gasteiger partial charge on any atom is -0.497 e. The summed E-state index contributed by atoms with van der Waals surface area (Å²) in [4.78, 5) is 27.4. The van der Waals surface area contributed by atoms with E-state index in [0.29, 0.717) is 39.0 Å². The number of hydrogen-bond donors (Lipinski definition) is 1. The third kappa shape index (κ3) is 7.48. The second-order valence-electron chi connectivity index (χ2n) is 7.32. The van der Waals surface area contributed by atoms with Gasteiger partial charge >= 0.3 is 0 Å². The number of nitrogens with zero attached hydrogens (tertiary/aromatic N) is 1. The van der Waals surface area contributed by atoms with Crippen molar-refractivity contribution in [2.75, 3.05) is 27.4 Å². The third-order valence-corrected chi connectivity index (χ3v) is 5.11. The summed E-state index contributed by atoms with van der Waals surface area (Å²) in [6, 6.07) is 14.3. The molecule has 0 aliphatic carbocycles. The Kier molecular flexibility index (Phi) is 10.4. The van der Waals surface area contributed by atoms with Gasteiger partial charge in [-0.1, -0.05) is 19.1 Å². The second kappa shape index (κ2) is 13.2. The standard InChI is InChI=1S/C25H34N2O5/c1-5-23(25(29)26-6-2)27(18-19-9-11-20(30-3)12-10-19)24(28)8-7-17-32-22-15-13-21(31-4)14-16-22/h9-16,23H,5-8,17-18H2,1-4H3,(H,26,29). The Bertz CT molecular complexity index is 836. The van der Waals surface area contributed by atoms with Gasteiger partial charge in [-0.3, -0.25) is 9.59 Å². The van der Waals surface area contributed by atoms with Gasteiger partial charge in [0.05, 0.1) is 20.8 Å². The lowest BCUT2D eigenvalue weighted by Crippen LogP contribution is -2.49. The first-order valence-electron chi connectivity index (χ1n) is 11.0. The van der Waals surface area contributed by atoms with Crippen molar-refractivity contribution < 1.29 is 23.8 Å². The molecule has 7 heteroatoms. The number of methoxy groups -OCH3 is 2. The molecule has 0 spiro atoms. The summed E-state index contributed by atoms with van der Waals surface area (Å²) < 4.78 is 16.1. The molecule has 1 N–H and O–H groups in total. The zero-order valence-electron chi connectivity index (χ0n) is 19.4. The fourth-order valence-corrected chi connectivity index (χ4v) is 3.37. The lowest BCUT2D eigenvalue weighted by atomic mass is 10.1. The number of hydrogen-bond acceptors (Lipinski definition) is 5. The molecule has 174 valence electrons. The highest BCUT2D eigenvalue weighted by Crippen LogP contribution is 2.19. The van der Waals surface area contributed by atoms with Crippen molar-refractivity contribution >= 4 is 11.8 Å². The van der Waals surface area contributed by atoms with Crippen LogP contribution in [0.15, 0.2) is 48.5 Å². The van der Waals surface area contributed by atoms with E-state index in [1.165, 1.54) is 0 Å². The highest BCUT2D eigenvalue weighted by molar-refractivity contribution is 5.87. The minimum absolute atomic E-state index is 0.0720.